The van der Waals surface area contributed by atoms with Crippen molar-refractivity contribution >= 4 is 22.6 Å². The number of para-hydroxylation sites is 2. The lowest BCUT2D eigenvalue weighted by Crippen LogP contribution is -2.24. The van der Waals surface area contributed by atoms with Crippen LogP contribution in [0.25, 0.3) is 11.0 Å². The number of carbonyl (C=O) groups excluding carboxylic acids is 1. The number of ether oxygens (including phenoxy) is 1. The molecule has 2 heterocycles. The first-order chi connectivity index (χ1) is 15.2. The molecule has 5 rings (SSSR count). The SMILES string of the molecule is COc1ccc(N2CC(c3nc4ccccc4n3CCC3CCCCC3)CC2=O)cc1. The summed E-state index contributed by atoms with van der Waals surface area (Å²) in [6.07, 6.45) is 8.56. The molecule has 1 aromatic heterocycles. The van der Waals surface area contributed by atoms with E-state index in [0.29, 0.717) is 13.0 Å². The van der Waals surface area contributed by atoms with Gasteiger partial charge in [0.15, 0.2) is 0 Å². The third-order valence-electron chi connectivity index (χ3n) is 7.04. The van der Waals surface area contributed by atoms with Gasteiger partial charge in [0.1, 0.15) is 11.6 Å². The maximum atomic E-state index is 12.9. The summed E-state index contributed by atoms with van der Waals surface area (Å²) in [5.74, 6) is 2.98. The van der Waals surface area contributed by atoms with E-state index in [1.807, 2.05) is 35.2 Å². The number of carbonyl (C=O) groups is 1. The Bertz CT molecular complexity index is 1050. The highest BCUT2D eigenvalue weighted by Gasteiger charge is 2.35. The van der Waals surface area contributed by atoms with Crippen LogP contribution in [0.4, 0.5) is 5.69 Å². The number of amides is 1. The van der Waals surface area contributed by atoms with Crippen LogP contribution in [0, 0.1) is 5.92 Å². The van der Waals surface area contributed by atoms with E-state index in [-0.39, 0.29) is 11.8 Å². The Balaban J connectivity index is 1.40. The van der Waals surface area contributed by atoms with Crippen LogP contribution < -0.4 is 9.64 Å². The molecule has 1 amide bonds. The van der Waals surface area contributed by atoms with E-state index >= 15 is 0 Å². The lowest BCUT2D eigenvalue weighted by molar-refractivity contribution is -0.117. The van der Waals surface area contributed by atoms with Gasteiger partial charge in [0.05, 0.1) is 18.1 Å². The standard InChI is InChI=1S/C26H31N3O2/c1-31-22-13-11-21(12-14-22)29-18-20(17-25(29)30)26-27-23-9-5-6-10-24(23)28(26)16-15-19-7-3-2-4-8-19/h5-6,9-14,19-20H,2-4,7-8,15-18H2,1H3. The van der Waals surface area contributed by atoms with Crippen molar-refractivity contribution in [2.45, 2.75) is 57.4 Å². The van der Waals surface area contributed by atoms with Gasteiger partial charge in [-0.25, -0.2) is 4.98 Å². The monoisotopic (exact) mass is 417 g/mol. The first-order valence-electron chi connectivity index (χ1n) is 11.6. The number of fused-ring (bicyclic) bond motifs is 1. The molecule has 5 nitrogen and oxygen atoms in total. The van der Waals surface area contributed by atoms with Gasteiger partial charge in [-0.1, -0.05) is 44.2 Å². The Kier molecular flexibility index (Phi) is 5.66. The molecule has 1 atom stereocenters. The number of imidazole rings is 1. The number of aryl methyl sites for hydroxylation is 1. The first-order valence-corrected chi connectivity index (χ1v) is 11.6. The van der Waals surface area contributed by atoms with E-state index < -0.39 is 0 Å². The molecule has 2 fully saturated rings. The Morgan fingerprint density at radius 2 is 1.81 bits per heavy atom. The van der Waals surface area contributed by atoms with Crippen LogP contribution in [0.2, 0.25) is 0 Å². The van der Waals surface area contributed by atoms with Crippen molar-refractivity contribution < 1.29 is 9.53 Å². The van der Waals surface area contributed by atoms with Crippen LogP contribution in [0.3, 0.4) is 0 Å². The summed E-state index contributed by atoms with van der Waals surface area (Å²) >= 11 is 0. The lowest BCUT2D eigenvalue weighted by atomic mass is 9.87. The molecular formula is C26H31N3O2. The number of hydrogen-bond acceptors (Lipinski definition) is 3. The molecule has 0 bridgehead atoms. The average Bonchev–Trinajstić information content (AvgIpc) is 3.39. The van der Waals surface area contributed by atoms with Crippen molar-refractivity contribution in [2.75, 3.05) is 18.6 Å². The molecular weight excluding hydrogens is 386 g/mol. The molecule has 0 spiro atoms. The molecule has 1 aliphatic heterocycles. The Labute approximate surface area is 184 Å². The Morgan fingerprint density at radius 3 is 2.58 bits per heavy atom. The lowest BCUT2D eigenvalue weighted by Gasteiger charge is -2.23. The number of hydrogen-bond donors (Lipinski definition) is 0. The number of aromatic nitrogens is 2. The summed E-state index contributed by atoms with van der Waals surface area (Å²) in [7, 11) is 1.66. The van der Waals surface area contributed by atoms with Crippen LogP contribution >= 0.6 is 0 Å². The molecule has 5 heteroatoms. The molecule has 2 aromatic carbocycles. The quantitative estimate of drug-likeness (QED) is 0.529. The second-order valence-electron chi connectivity index (χ2n) is 9.01. The second kappa shape index (κ2) is 8.74. The maximum Gasteiger partial charge on any atom is 0.227 e. The second-order valence-corrected chi connectivity index (χ2v) is 9.01. The largest absolute Gasteiger partial charge is 0.497 e. The van der Waals surface area contributed by atoms with Crippen molar-refractivity contribution in [3.63, 3.8) is 0 Å². The van der Waals surface area contributed by atoms with Crippen molar-refractivity contribution in [1.82, 2.24) is 9.55 Å². The maximum absolute atomic E-state index is 12.9. The predicted octanol–water partition coefficient (Wildman–Crippen LogP) is 5.54. The van der Waals surface area contributed by atoms with Gasteiger partial charge in [0.25, 0.3) is 0 Å². The molecule has 1 saturated carbocycles. The highest BCUT2D eigenvalue weighted by atomic mass is 16.5. The van der Waals surface area contributed by atoms with Gasteiger partial charge in [-0.2, -0.15) is 0 Å². The van der Waals surface area contributed by atoms with Crippen LogP contribution in [0.15, 0.2) is 48.5 Å². The molecule has 31 heavy (non-hydrogen) atoms. The van der Waals surface area contributed by atoms with Gasteiger partial charge in [-0.15, -0.1) is 0 Å². The topological polar surface area (TPSA) is 47.4 Å². The summed E-state index contributed by atoms with van der Waals surface area (Å²) in [6.45, 7) is 1.67. The fourth-order valence-corrected chi connectivity index (χ4v) is 5.32. The fourth-order valence-electron chi connectivity index (χ4n) is 5.32. The minimum Gasteiger partial charge on any atom is -0.497 e. The Morgan fingerprint density at radius 1 is 1.03 bits per heavy atom. The van der Waals surface area contributed by atoms with Crippen LogP contribution in [0.5, 0.6) is 5.75 Å². The highest BCUT2D eigenvalue weighted by Crippen LogP contribution is 2.35. The van der Waals surface area contributed by atoms with Crippen molar-refractivity contribution in [3.8, 4) is 5.75 Å². The average molecular weight is 418 g/mol. The summed E-state index contributed by atoms with van der Waals surface area (Å²) in [6, 6.07) is 16.2. The molecule has 162 valence electrons. The van der Waals surface area contributed by atoms with E-state index in [1.54, 1.807) is 7.11 Å². The van der Waals surface area contributed by atoms with Crippen LogP contribution in [0.1, 0.15) is 56.7 Å². The van der Waals surface area contributed by atoms with Gasteiger partial charge >= 0.3 is 0 Å². The minimum absolute atomic E-state index is 0.119. The van der Waals surface area contributed by atoms with E-state index in [2.05, 4.69) is 22.8 Å². The number of anilines is 1. The van der Waals surface area contributed by atoms with Gasteiger partial charge in [-0.3, -0.25) is 4.79 Å². The normalized spacial score (nSPS) is 20.0. The van der Waals surface area contributed by atoms with Crippen LogP contribution in [-0.4, -0.2) is 29.1 Å². The molecule has 0 N–H and O–H groups in total. The first kappa shape index (κ1) is 20.1. The van der Waals surface area contributed by atoms with Gasteiger partial charge in [0, 0.05) is 31.1 Å². The summed E-state index contributed by atoms with van der Waals surface area (Å²) in [5.41, 5.74) is 3.17. The van der Waals surface area contributed by atoms with Crippen molar-refractivity contribution in [2.24, 2.45) is 5.92 Å². The van der Waals surface area contributed by atoms with E-state index in [0.717, 1.165) is 35.2 Å². The van der Waals surface area contributed by atoms with Gasteiger partial charge < -0.3 is 14.2 Å². The smallest absolute Gasteiger partial charge is 0.227 e. The van der Waals surface area contributed by atoms with Gasteiger partial charge in [0.2, 0.25) is 5.91 Å². The zero-order valence-electron chi connectivity index (χ0n) is 18.3. The Hall–Kier alpha value is -2.82. The third kappa shape index (κ3) is 4.06. The third-order valence-corrected chi connectivity index (χ3v) is 7.04. The fraction of sp³-hybridized carbons (Fsp3) is 0.462. The molecule has 1 unspecified atom stereocenters. The molecule has 3 aromatic rings. The zero-order chi connectivity index (χ0) is 21.2. The molecule has 2 aliphatic rings. The van der Waals surface area contributed by atoms with E-state index in [1.165, 1.54) is 44.0 Å². The number of methoxy groups -OCH3 is 1. The molecule has 1 aliphatic carbocycles. The van der Waals surface area contributed by atoms with E-state index in [4.69, 9.17) is 9.72 Å². The number of nitrogens with zero attached hydrogens (tertiary/aromatic N) is 3. The summed E-state index contributed by atoms with van der Waals surface area (Å²) in [5, 5.41) is 0. The highest BCUT2D eigenvalue weighted by molar-refractivity contribution is 5.96. The predicted molar refractivity (Wildman–Crippen MR) is 124 cm³/mol. The van der Waals surface area contributed by atoms with Crippen molar-refractivity contribution in [3.05, 3.63) is 54.4 Å². The van der Waals surface area contributed by atoms with Gasteiger partial charge in [-0.05, 0) is 48.7 Å². The molecule has 0 radical (unpaired) electrons. The molecule has 1 saturated heterocycles. The number of benzene rings is 2. The van der Waals surface area contributed by atoms with E-state index in [9.17, 15) is 4.79 Å². The summed E-state index contributed by atoms with van der Waals surface area (Å²) in [4.78, 5) is 19.8. The minimum atomic E-state index is 0.119. The zero-order valence-corrected chi connectivity index (χ0v) is 18.3. The van der Waals surface area contributed by atoms with Crippen molar-refractivity contribution in [1.29, 1.82) is 0 Å². The van der Waals surface area contributed by atoms with Crippen LogP contribution in [-0.2, 0) is 11.3 Å². The summed E-state index contributed by atoms with van der Waals surface area (Å²) < 4.78 is 7.66. The number of rotatable bonds is 6.